The van der Waals surface area contributed by atoms with E-state index >= 15 is 0 Å². The molecule has 0 amide bonds. The van der Waals surface area contributed by atoms with Crippen molar-refractivity contribution in [1.82, 2.24) is 0 Å². The standard InChI is InChI=1S/3C6H5.C5H9.Ni/c3*1-2-4-6-5-3-1;1-2-4-5-3-1;/h3*1-5H;1H,2-5H2;/q4*-1;. The van der Waals surface area contributed by atoms with Gasteiger partial charge in [0.15, 0.2) is 0 Å². The molecule has 0 unspecified atom stereocenters. The van der Waals surface area contributed by atoms with Crippen LogP contribution in [0.2, 0.25) is 0 Å². The van der Waals surface area contributed by atoms with Gasteiger partial charge in [0.05, 0.1) is 0 Å². The van der Waals surface area contributed by atoms with Gasteiger partial charge in [0.25, 0.3) is 0 Å². The zero-order chi connectivity index (χ0) is 16.3. The van der Waals surface area contributed by atoms with E-state index in [-0.39, 0.29) is 16.5 Å². The summed E-state index contributed by atoms with van der Waals surface area (Å²) in [6.45, 7) is 0. The van der Waals surface area contributed by atoms with Gasteiger partial charge in [-0.25, -0.2) is 0 Å². The summed E-state index contributed by atoms with van der Waals surface area (Å²) in [5.74, 6) is 0. The molecule has 1 heteroatoms. The average Bonchev–Trinajstić information content (AvgIpc) is 3.27. The summed E-state index contributed by atoms with van der Waals surface area (Å²) in [7, 11) is 0. The van der Waals surface area contributed by atoms with E-state index < -0.39 is 0 Å². The Labute approximate surface area is 157 Å². The first-order valence-corrected chi connectivity index (χ1v) is 8.05. The molecule has 24 heavy (non-hydrogen) atoms. The van der Waals surface area contributed by atoms with Crippen LogP contribution in [0, 0.1) is 24.6 Å². The van der Waals surface area contributed by atoms with Gasteiger partial charge in [-0.2, -0.15) is 122 Å². The Hall–Kier alpha value is -1.85. The monoisotopic (exact) mass is 358 g/mol. The maximum atomic E-state index is 2.89. The molecule has 1 aliphatic carbocycles. The van der Waals surface area contributed by atoms with Crippen LogP contribution >= 0.6 is 0 Å². The van der Waals surface area contributed by atoms with Crippen molar-refractivity contribution in [2.75, 3.05) is 0 Å². The Kier molecular flexibility index (Phi) is 17.7. The molecule has 0 bridgehead atoms. The van der Waals surface area contributed by atoms with Crippen molar-refractivity contribution < 1.29 is 16.5 Å². The molecule has 1 fully saturated rings. The summed E-state index contributed by atoms with van der Waals surface area (Å²) in [5, 5.41) is 0. The molecule has 130 valence electrons. The summed E-state index contributed by atoms with van der Waals surface area (Å²) in [5.41, 5.74) is 0. The Bertz CT molecular complexity index is 356. The molecule has 0 saturated heterocycles. The van der Waals surface area contributed by atoms with Crippen molar-refractivity contribution in [3.63, 3.8) is 0 Å². The predicted octanol–water partition coefficient (Wildman–Crippen LogP) is 6.22. The number of benzene rings is 3. The van der Waals surface area contributed by atoms with Crippen LogP contribution in [0.1, 0.15) is 25.7 Å². The van der Waals surface area contributed by atoms with Crippen LogP contribution in [0.3, 0.4) is 0 Å². The summed E-state index contributed by atoms with van der Waals surface area (Å²) in [4.78, 5) is 0. The van der Waals surface area contributed by atoms with Crippen LogP contribution in [0.15, 0.2) is 91.0 Å². The molecule has 0 aromatic heterocycles. The minimum atomic E-state index is 0. The van der Waals surface area contributed by atoms with Crippen molar-refractivity contribution in [2.24, 2.45) is 0 Å². The molecule has 3 aromatic carbocycles. The largest absolute Gasteiger partial charge is 0.328 e. The van der Waals surface area contributed by atoms with Crippen molar-refractivity contribution in [1.29, 1.82) is 0 Å². The molecular formula is C23H24Ni-4. The minimum absolute atomic E-state index is 0. The molecule has 0 aliphatic heterocycles. The zero-order valence-corrected chi connectivity index (χ0v) is 14.9. The third-order valence-corrected chi connectivity index (χ3v) is 2.89. The molecule has 0 nitrogen and oxygen atoms in total. The second kappa shape index (κ2) is 19.2. The van der Waals surface area contributed by atoms with Crippen LogP contribution in [0.25, 0.3) is 0 Å². The second-order valence-corrected chi connectivity index (χ2v) is 4.81. The maximum Gasteiger partial charge on any atom is 0 e. The fraction of sp³-hybridized carbons (Fsp3) is 0.174. The third kappa shape index (κ3) is 16.5. The first-order valence-electron chi connectivity index (χ1n) is 8.05. The molecule has 4 rings (SSSR count). The smallest absolute Gasteiger partial charge is 0 e. The van der Waals surface area contributed by atoms with Crippen LogP contribution < -0.4 is 0 Å². The van der Waals surface area contributed by atoms with Crippen LogP contribution in [0.5, 0.6) is 0 Å². The van der Waals surface area contributed by atoms with E-state index in [1.807, 2.05) is 91.0 Å². The van der Waals surface area contributed by atoms with Crippen molar-refractivity contribution >= 4 is 0 Å². The molecule has 0 heterocycles. The van der Waals surface area contributed by atoms with E-state index in [2.05, 4.69) is 24.6 Å². The number of rotatable bonds is 0. The number of hydrogen-bond donors (Lipinski definition) is 0. The molecular weight excluding hydrogens is 335 g/mol. The summed E-state index contributed by atoms with van der Waals surface area (Å²) < 4.78 is 0. The fourth-order valence-electron chi connectivity index (χ4n) is 1.75. The van der Waals surface area contributed by atoms with Gasteiger partial charge < -0.3 is 6.42 Å². The van der Waals surface area contributed by atoms with E-state index in [9.17, 15) is 0 Å². The zero-order valence-electron chi connectivity index (χ0n) is 13.9. The number of hydrogen-bond acceptors (Lipinski definition) is 0. The molecule has 0 spiro atoms. The third-order valence-electron chi connectivity index (χ3n) is 2.89. The Morgan fingerprint density at radius 1 is 0.458 bits per heavy atom. The molecule has 0 radical (unpaired) electrons. The Balaban J connectivity index is 0.000000291. The van der Waals surface area contributed by atoms with Gasteiger partial charge >= 0.3 is 0 Å². The quantitative estimate of drug-likeness (QED) is 0.330. The van der Waals surface area contributed by atoms with E-state index in [0.29, 0.717) is 0 Å². The molecule has 3 aromatic rings. The van der Waals surface area contributed by atoms with Gasteiger partial charge in [0.2, 0.25) is 0 Å². The molecule has 1 saturated carbocycles. The Morgan fingerprint density at radius 3 is 0.833 bits per heavy atom. The molecule has 1 aliphatic rings. The topological polar surface area (TPSA) is 0 Å². The van der Waals surface area contributed by atoms with E-state index in [1.165, 1.54) is 25.7 Å². The van der Waals surface area contributed by atoms with Crippen LogP contribution in [-0.4, -0.2) is 0 Å². The van der Waals surface area contributed by atoms with Gasteiger partial charge in [-0.1, -0.05) is 12.8 Å². The molecule has 0 atom stereocenters. The Morgan fingerprint density at radius 2 is 0.750 bits per heavy atom. The van der Waals surface area contributed by atoms with Gasteiger partial charge in [0, 0.05) is 16.5 Å². The summed E-state index contributed by atoms with van der Waals surface area (Å²) >= 11 is 0. The SMILES string of the molecule is [CH-]1CCCC1.[Ni].[c-]1ccccc1.[c-]1ccccc1.[c-]1ccccc1. The van der Waals surface area contributed by atoms with Crippen LogP contribution in [-0.2, 0) is 16.5 Å². The first-order chi connectivity index (χ1) is 11.5. The van der Waals surface area contributed by atoms with E-state index in [4.69, 9.17) is 0 Å². The summed E-state index contributed by atoms with van der Waals surface area (Å²) in [6, 6.07) is 37.5. The van der Waals surface area contributed by atoms with E-state index in [1.54, 1.807) is 0 Å². The van der Waals surface area contributed by atoms with Crippen LogP contribution in [0.4, 0.5) is 0 Å². The predicted molar refractivity (Wildman–Crippen MR) is 98.6 cm³/mol. The van der Waals surface area contributed by atoms with Gasteiger partial charge in [-0.15, -0.1) is 0 Å². The molecule has 0 N–H and O–H groups in total. The van der Waals surface area contributed by atoms with Gasteiger partial charge in [-0.3, -0.25) is 0 Å². The van der Waals surface area contributed by atoms with Gasteiger partial charge in [-0.05, 0) is 0 Å². The van der Waals surface area contributed by atoms with Crippen molar-refractivity contribution in [3.8, 4) is 0 Å². The normalized spacial score (nSPS) is 11.0. The average molecular weight is 359 g/mol. The minimum Gasteiger partial charge on any atom is -0.328 e. The van der Waals surface area contributed by atoms with Gasteiger partial charge in [0.1, 0.15) is 0 Å². The first kappa shape index (κ1) is 22.2. The second-order valence-electron chi connectivity index (χ2n) is 4.81. The van der Waals surface area contributed by atoms with Crippen molar-refractivity contribution in [2.45, 2.75) is 25.7 Å². The van der Waals surface area contributed by atoms with E-state index in [0.717, 1.165) is 0 Å². The van der Waals surface area contributed by atoms with Crippen molar-refractivity contribution in [3.05, 3.63) is 116 Å². The maximum absolute atomic E-state index is 2.89. The fourth-order valence-corrected chi connectivity index (χ4v) is 1.75. The summed E-state index contributed by atoms with van der Waals surface area (Å²) in [6.07, 6.45) is 8.00.